The van der Waals surface area contributed by atoms with Crippen LogP contribution in [0.3, 0.4) is 0 Å². The maximum Gasteiger partial charge on any atom is 0.259 e. The second-order valence-electron chi connectivity index (χ2n) is 7.12. The molecule has 3 aromatic heterocycles. The molecule has 5 aromatic rings. The molecule has 8 nitrogen and oxygen atoms in total. The van der Waals surface area contributed by atoms with E-state index in [1.807, 2.05) is 48.5 Å². The fourth-order valence-electron chi connectivity index (χ4n) is 3.40. The van der Waals surface area contributed by atoms with Gasteiger partial charge in [-0.1, -0.05) is 23.7 Å². The third-order valence-electron chi connectivity index (χ3n) is 5.05. The molecule has 0 aliphatic heterocycles. The number of hydrogen-bond acceptors (Lipinski definition) is 6. The maximum atomic E-state index is 12.7. The minimum atomic E-state index is -0.312. The number of halogens is 1. The van der Waals surface area contributed by atoms with E-state index in [4.69, 9.17) is 21.4 Å². The maximum absolute atomic E-state index is 12.7. The lowest BCUT2D eigenvalue weighted by Crippen LogP contribution is -2.13. The predicted molar refractivity (Wildman–Crippen MR) is 125 cm³/mol. The molecule has 0 unspecified atom stereocenters. The monoisotopic (exact) mass is 456 g/mol. The highest BCUT2D eigenvalue weighted by molar-refractivity contribution is 6.31. The average molecular weight is 457 g/mol. The Hall–Kier alpha value is -4.30. The second kappa shape index (κ2) is 8.68. The average Bonchev–Trinajstić information content (AvgIpc) is 3.28. The van der Waals surface area contributed by atoms with Crippen LogP contribution in [-0.2, 0) is 0 Å². The van der Waals surface area contributed by atoms with Gasteiger partial charge in [-0.15, -0.1) is 10.2 Å². The van der Waals surface area contributed by atoms with Gasteiger partial charge in [0.2, 0.25) is 0 Å². The van der Waals surface area contributed by atoms with Crippen molar-refractivity contribution in [1.82, 2.24) is 24.8 Å². The van der Waals surface area contributed by atoms with Gasteiger partial charge in [-0.2, -0.15) is 9.61 Å². The summed E-state index contributed by atoms with van der Waals surface area (Å²) in [4.78, 5) is 16.7. The van der Waals surface area contributed by atoms with Crippen LogP contribution in [0.5, 0.6) is 5.75 Å². The Morgan fingerprint density at radius 2 is 1.73 bits per heavy atom. The number of pyridine rings is 1. The number of amides is 1. The summed E-state index contributed by atoms with van der Waals surface area (Å²) in [7, 11) is 1.51. The van der Waals surface area contributed by atoms with Gasteiger partial charge in [0.15, 0.2) is 11.5 Å². The van der Waals surface area contributed by atoms with Gasteiger partial charge < -0.3 is 10.1 Å². The molecule has 0 atom stereocenters. The standard InChI is InChI=1S/C24H17ClN6O2/c1-33-21-8-4-17(25)14-19(21)24(32)27-18-5-2-15(3-6-18)20-7-9-22-28-29-23(31(22)30-20)16-10-12-26-13-11-16/h2-14H,1H3,(H,27,32). The lowest BCUT2D eigenvalue weighted by Gasteiger charge is -2.10. The van der Waals surface area contributed by atoms with Gasteiger partial charge in [0.05, 0.1) is 18.4 Å². The molecule has 1 N–H and O–H groups in total. The van der Waals surface area contributed by atoms with Gasteiger partial charge in [-0.25, -0.2) is 0 Å². The molecule has 0 fully saturated rings. The summed E-state index contributed by atoms with van der Waals surface area (Å²) >= 11 is 6.04. The third kappa shape index (κ3) is 4.11. The summed E-state index contributed by atoms with van der Waals surface area (Å²) < 4.78 is 6.96. The Morgan fingerprint density at radius 1 is 0.939 bits per heavy atom. The largest absolute Gasteiger partial charge is 0.496 e. The Balaban J connectivity index is 1.41. The first-order valence-electron chi connectivity index (χ1n) is 10.0. The van der Waals surface area contributed by atoms with Gasteiger partial charge in [0.1, 0.15) is 5.75 Å². The van der Waals surface area contributed by atoms with Crippen molar-refractivity contribution in [3.63, 3.8) is 0 Å². The highest BCUT2D eigenvalue weighted by atomic mass is 35.5. The van der Waals surface area contributed by atoms with Crippen LogP contribution in [0.15, 0.2) is 79.1 Å². The molecule has 162 valence electrons. The van der Waals surface area contributed by atoms with Crippen molar-refractivity contribution in [2.24, 2.45) is 0 Å². The van der Waals surface area contributed by atoms with Crippen molar-refractivity contribution in [2.45, 2.75) is 0 Å². The molecular formula is C24H17ClN6O2. The van der Waals surface area contributed by atoms with Gasteiger partial charge in [0.25, 0.3) is 5.91 Å². The Labute approximate surface area is 193 Å². The number of rotatable bonds is 5. The van der Waals surface area contributed by atoms with Crippen LogP contribution < -0.4 is 10.1 Å². The van der Waals surface area contributed by atoms with E-state index in [9.17, 15) is 4.79 Å². The summed E-state index contributed by atoms with van der Waals surface area (Å²) in [6, 6.07) is 19.8. The highest BCUT2D eigenvalue weighted by Crippen LogP contribution is 2.25. The van der Waals surface area contributed by atoms with Crippen LogP contribution in [0.4, 0.5) is 5.69 Å². The van der Waals surface area contributed by atoms with E-state index >= 15 is 0 Å². The molecule has 0 saturated heterocycles. The quantitative estimate of drug-likeness (QED) is 0.409. The number of aromatic nitrogens is 5. The molecule has 0 radical (unpaired) electrons. The Bertz CT molecular complexity index is 1450. The van der Waals surface area contributed by atoms with E-state index in [0.717, 1.165) is 16.8 Å². The predicted octanol–water partition coefficient (Wildman–Crippen LogP) is 4.77. The zero-order valence-electron chi connectivity index (χ0n) is 17.4. The van der Waals surface area contributed by atoms with Gasteiger partial charge in [-0.05, 0) is 54.6 Å². The smallest absolute Gasteiger partial charge is 0.259 e. The van der Waals surface area contributed by atoms with Crippen molar-refractivity contribution in [3.8, 4) is 28.4 Å². The van der Waals surface area contributed by atoms with Gasteiger partial charge in [-0.3, -0.25) is 9.78 Å². The van der Waals surface area contributed by atoms with Crippen molar-refractivity contribution in [1.29, 1.82) is 0 Å². The summed E-state index contributed by atoms with van der Waals surface area (Å²) in [6.45, 7) is 0. The van der Waals surface area contributed by atoms with E-state index in [1.54, 1.807) is 35.1 Å². The minimum absolute atomic E-state index is 0.312. The number of anilines is 1. The molecule has 9 heteroatoms. The van der Waals surface area contributed by atoms with Crippen LogP contribution in [-0.4, -0.2) is 37.8 Å². The first-order chi connectivity index (χ1) is 16.1. The molecular weight excluding hydrogens is 440 g/mol. The molecule has 0 saturated carbocycles. The number of ether oxygens (including phenoxy) is 1. The highest BCUT2D eigenvalue weighted by Gasteiger charge is 2.14. The second-order valence-corrected chi connectivity index (χ2v) is 7.56. The van der Waals surface area contributed by atoms with E-state index in [2.05, 4.69) is 20.5 Å². The molecule has 1 amide bonds. The van der Waals surface area contributed by atoms with Gasteiger partial charge >= 0.3 is 0 Å². The number of benzene rings is 2. The first kappa shape index (κ1) is 20.6. The SMILES string of the molecule is COc1ccc(Cl)cc1C(=O)Nc1ccc(-c2ccc3nnc(-c4ccncc4)n3n2)cc1. The lowest BCUT2D eigenvalue weighted by atomic mass is 10.1. The van der Waals surface area contributed by atoms with Crippen LogP contribution in [0, 0.1) is 0 Å². The van der Waals surface area contributed by atoms with Crippen LogP contribution >= 0.6 is 11.6 Å². The molecule has 33 heavy (non-hydrogen) atoms. The normalized spacial score (nSPS) is 10.8. The summed E-state index contributed by atoms with van der Waals surface area (Å²) in [6.07, 6.45) is 3.40. The number of methoxy groups -OCH3 is 1. The Kier molecular flexibility index (Phi) is 5.42. The summed E-state index contributed by atoms with van der Waals surface area (Å²) in [5.74, 6) is 0.770. The minimum Gasteiger partial charge on any atom is -0.496 e. The van der Waals surface area contributed by atoms with E-state index in [-0.39, 0.29) is 5.91 Å². The number of nitrogens with zero attached hydrogens (tertiary/aromatic N) is 5. The topological polar surface area (TPSA) is 94.3 Å². The lowest BCUT2D eigenvalue weighted by molar-refractivity contribution is 0.102. The zero-order valence-corrected chi connectivity index (χ0v) is 18.2. The van der Waals surface area contributed by atoms with Gasteiger partial charge in [0, 0.05) is 34.2 Å². The molecule has 0 bridgehead atoms. The number of carbonyl (C=O) groups is 1. The van der Waals surface area contributed by atoms with Crippen molar-refractivity contribution >= 4 is 28.8 Å². The molecule has 5 rings (SSSR count). The number of nitrogens with one attached hydrogen (secondary N) is 1. The fraction of sp³-hybridized carbons (Fsp3) is 0.0417. The van der Waals surface area contributed by atoms with Crippen molar-refractivity contribution in [2.75, 3.05) is 12.4 Å². The van der Waals surface area contributed by atoms with E-state index < -0.39 is 0 Å². The molecule has 0 aliphatic rings. The van der Waals surface area contributed by atoms with Crippen LogP contribution in [0.1, 0.15) is 10.4 Å². The summed E-state index contributed by atoms with van der Waals surface area (Å²) in [5.41, 5.74) is 4.13. The van der Waals surface area contributed by atoms with E-state index in [0.29, 0.717) is 33.5 Å². The Morgan fingerprint density at radius 3 is 2.48 bits per heavy atom. The van der Waals surface area contributed by atoms with Crippen LogP contribution in [0.25, 0.3) is 28.3 Å². The van der Waals surface area contributed by atoms with Crippen molar-refractivity contribution in [3.05, 3.63) is 89.7 Å². The third-order valence-corrected chi connectivity index (χ3v) is 5.28. The van der Waals surface area contributed by atoms with Crippen LogP contribution in [0.2, 0.25) is 5.02 Å². The summed E-state index contributed by atoms with van der Waals surface area (Å²) in [5, 5.41) is 16.5. The first-order valence-corrected chi connectivity index (χ1v) is 10.4. The zero-order chi connectivity index (χ0) is 22.8. The molecule has 2 aromatic carbocycles. The van der Waals surface area contributed by atoms with E-state index in [1.165, 1.54) is 7.11 Å². The molecule has 0 spiro atoms. The van der Waals surface area contributed by atoms with Crippen molar-refractivity contribution < 1.29 is 9.53 Å². The fourth-order valence-corrected chi connectivity index (χ4v) is 3.58. The number of hydrogen-bond donors (Lipinski definition) is 1. The molecule has 0 aliphatic carbocycles. The number of carbonyl (C=O) groups excluding carboxylic acids is 1. The molecule has 3 heterocycles. The number of fused-ring (bicyclic) bond motifs is 1.